The van der Waals surface area contributed by atoms with Crippen molar-refractivity contribution in [3.63, 3.8) is 0 Å². The van der Waals surface area contributed by atoms with Crippen molar-refractivity contribution in [2.24, 2.45) is 0 Å². The van der Waals surface area contributed by atoms with Crippen molar-refractivity contribution in [1.29, 1.82) is 0 Å². The molecule has 0 bridgehead atoms. The van der Waals surface area contributed by atoms with Crippen molar-refractivity contribution in [3.05, 3.63) is 54.5 Å². The number of benzene rings is 1. The number of nitrogens with one attached hydrogen (secondary N) is 1. The Morgan fingerprint density at radius 1 is 1.06 bits per heavy atom. The largest absolute Gasteiger partial charge is 0.379 e. The number of carbonyl (C=O) groups excluding carboxylic acids is 1. The molecule has 1 amide bonds. The van der Waals surface area contributed by atoms with Gasteiger partial charge in [0.2, 0.25) is 0 Å². The highest BCUT2D eigenvalue weighted by Gasteiger charge is 2.38. The number of hydrogen-bond donors (Lipinski definition) is 1. The topological polar surface area (TPSA) is 72.3 Å². The van der Waals surface area contributed by atoms with Gasteiger partial charge in [-0.3, -0.25) is 14.3 Å². The maximum atomic E-state index is 13.0. The molecule has 7 heteroatoms. The van der Waals surface area contributed by atoms with Crippen molar-refractivity contribution in [2.75, 3.05) is 32.8 Å². The summed E-state index contributed by atoms with van der Waals surface area (Å²) in [5, 5.41) is 3.21. The number of nitrogens with zero attached hydrogens (tertiary/aromatic N) is 4. The van der Waals surface area contributed by atoms with Gasteiger partial charge in [-0.25, -0.2) is 9.97 Å². The number of amides is 1. The van der Waals surface area contributed by atoms with Crippen LogP contribution in [-0.2, 0) is 4.74 Å². The monoisotopic (exact) mass is 419 g/mol. The van der Waals surface area contributed by atoms with E-state index in [2.05, 4.69) is 20.2 Å². The summed E-state index contributed by atoms with van der Waals surface area (Å²) in [7, 11) is 0. The minimum absolute atomic E-state index is 0.0457. The fourth-order valence-electron chi connectivity index (χ4n) is 5.00. The minimum Gasteiger partial charge on any atom is -0.379 e. The third-order valence-electron chi connectivity index (χ3n) is 6.73. The SMILES string of the molecule is O=C(NCC1(N2CCOCC2)CCCCC1)c1cnc2c(c1)ncn2-c1ccccc1. The van der Waals surface area contributed by atoms with E-state index in [0.717, 1.165) is 56.0 Å². The Labute approximate surface area is 182 Å². The molecule has 1 N–H and O–H groups in total. The van der Waals surface area contributed by atoms with Gasteiger partial charge in [-0.05, 0) is 31.0 Å². The number of para-hydroxylation sites is 1. The first-order chi connectivity index (χ1) is 15.3. The molecule has 2 aromatic heterocycles. The number of fused-ring (bicyclic) bond motifs is 1. The van der Waals surface area contributed by atoms with E-state index >= 15 is 0 Å². The molecule has 1 aliphatic carbocycles. The lowest BCUT2D eigenvalue weighted by Crippen LogP contribution is -2.59. The van der Waals surface area contributed by atoms with Gasteiger partial charge in [0.15, 0.2) is 5.65 Å². The summed E-state index contributed by atoms with van der Waals surface area (Å²) in [6.07, 6.45) is 9.39. The molecule has 1 saturated carbocycles. The molecule has 1 saturated heterocycles. The van der Waals surface area contributed by atoms with E-state index in [9.17, 15) is 4.79 Å². The number of morpholine rings is 1. The first-order valence-corrected chi connectivity index (χ1v) is 11.2. The Morgan fingerprint density at radius 2 is 1.84 bits per heavy atom. The predicted octanol–water partition coefficient (Wildman–Crippen LogP) is 3.19. The lowest BCUT2D eigenvalue weighted by Gasteiger charge is -2.48. The number of pyridine rings is 1. The smallest absolute Gasteiger partial charge is 0.252 e. The van der Waals surface area contributed by atoms with Gasteiger partial charge in [0.25, 0.3) is 5.91 Å². The summed E-state index contributed by atoms with van der Waals surface area (Å²) in [5.74, 6) is -0.0816. The van der Waals surface area contributed by atoms with Gasteiger partial charge in [0.05, 0.1) is 18.8 Å². The first-order valence-electron chi connectivity index (χ1n) is 11.2. The van der Waals surface area contributed by atoms with Gasteiger partial charge in [0, 0.05) is 37.1 Å². The molecular formula is C24H29N5O2. The second kappa shape index (κ2) is 8.77. The van der Waals surface area contributed by atoms with Gasteiger partial charge < -0.3 is 10.1 Å². The number of aromatic nitrogens is 3. The quantitative estimate of drug-likeness (QED) is 0.688. The van der Waals surface area contributed by atoms with Gasteiger partial charge in [-0.2, -0.15) is 0 Å². The van der Waals surface area contributed by atoms with Crippen LogP contribution in [0.2, 0.25) is 0 Å². The summed E-state index contributed by atoms with van der Waals surface area (Å²) in [4.78, 5) is 24.6. The zero-order valence-electron chi connectivity index (χ0n) is 17.8. The molecule has 3 aromatic rings. The molecule has 31 heavy (non-hydrogen) atoms. The zero-order chi connectivity index (χ0) is 21.1. The van der Waals surface area contributed by atoms with Gasteiger partial charge in [0.1, 0.15) is 11.8 Å². The predicted molar refractivity (Wildman–Crippen MR) is 119 cm³/mol. The van der Waals surface area contributed by atoms with Crippen molar-refractivity contribution in [3.8, 4) is 5.69 Å². The molecular weight excluding hydrogens is 390 g/mol. The first kappa shape index (κ1) is 20.2. The maximum absolute atomic E-state index is 13.0. The summed E-state index contributed by atoms with van der Waals surface area (Å²) in [6, 6.07) is 11.8. The van der Waals surface area contributed by atoms with Crippen LogP contribution in [0.3, 0.4) is 0 Å². The Balaban J connectivity index is 1.32. The molecule has 1 aliphatic heterocycles. The molecule has 0 unspecified atom stereocenters. The van der Waals surface area contributed by atoms with Crippen molar-refractivity contribution in [2.45, 2.75) is 37.6 Å². The highest BCUT2D eigenvalue weighted by molar-refractivity contribution is 5.96. The van der Waals surface area contributed by atoms with E-state index in [4.69, 9.17) is 4.74 Å². The average Bonchev–Trinajstić information content (AvgIpc) is 3.27. The standard InChI is InChI=1S/C24H29N5O2/c30-23(26-17-24(9-5-2-6-10-24)28-11-13-31-14-12-28)19-15-21-22(25-16-19)29(18-27-21)20-7-3-1-4-8-20/h1,3-4,7-8,15-16,18H,2,5-6,9-14,17H2,(H,26,30). The van der Waals surface area contributed by atoms with Crippen molar-refractivity contribution in [1.82, 2.24) is 24.8 Å². The van der Waals surface area contributed by atoms with E-state index in [0.29, 0.717) is 12.1 Å². The number of carbonyl (C=O) groups is 1. The minimum atomic E-state index is -0.0816. The molecule has 3 heterocycles. The Kier molecular flexibility index (Phi) is 5.70. The Morgan fingerprint density at radius 3 is 2.61 bits per heavy atom. The van der Waals surface area contributed by atoms with Crippen LogP contribution in [-0.4, -0.2) is 63.7 Å². The number of hydrogen-bond acceptors (Lipinski definition) is 5. The van der Waals surface area contributed by atoms with Crippen LogP contribution in [0.15, 0.2) is 48.9 Å². The van der Waals surface area contributed by atoms with E-state index < -0.39 is 0 Å². The summed E-state index contributed by atoms with van der Waals surface area (Å²) in [5.41, 5.74) is 3.07. The van der Waals surface area contributed by atoms with Crippen LogP contribution in [0.4, 0.5) is 0 Å². The fourth-order valence-corrected chi connectivity index (χ4v) is 5.00. The van der Waals surface area contributed by atoms with Crippen LogP contribution in [0, 0.1) is 0 Å². The lowest BCUT2D eigenvalue weighted by molar-refractivity contribution is -0.0361. The fraction of sp³-hybridized carbons (Fsp3) is 0.458. The van der Waals surface area contributed by atoms with Crippen molar-refractivity contribution >= 4 is 17.1 Å². The van der Waals surface area contributed by atoms with Crippen molar-refractivity contribution < 1.29 is 9.53 Å². The van der Waals surface area contributed by atoms with Gasteiger partial charge in [-0.15, -0.1) is 0 Å². The summed E-state index contributed by atoms with van der Waals surface area (Å²) in [6.45, 7) is 4.11. The molecule has 0 atom stereocenters. The van der Waals surface area contributed by atoms with E-state index in [1.54, 1.807) is 12.5 Å². The second-order valence-electron chi connectivity index (χ2n) is 8.58. The average molecular weight is 420 g/mol. The number of ether oxygens (including phenoxy) is 1. The Bertz CT molecular complexity index is 1040. The lowest BCUT2D eigenvalue weighted by atomic mass is 9.79. The molecule has 7 nitrogen and oxygen atoms in total. The summed E-state index contributed by atoms with van der Waals surface area (Å²) >= 11 is 0. The number of imidazole rings is 1. The molecule has 5 rings (SSSR count). The number of rotatable bonds is 5. The van der Waals surface area contributed by atoms with E-state index in [1.807, 2.05) is 41.0 Å². The third-order valence-corrected chi connectivity index (χ3v) is 6.73. The molecule has 0 spiro atoms. The molecule has 2 fully saturated rings. The molecule has 1 aromatic carbocycles. The van der Waals surface area contributed by atoms with Crippen LogP contribution >= 0.6 is 0 Å². The van der Waals surface area contributed by atoms with Crippen LogP contribution < -0.4 is 5.32 Å². The molecule has 2 aliphatic rings. The van der Waals surface area contributed by atoms with E-state index in [1.165, 1.54) is 19.3 Å². The van der Waals surface area contributed by atoms with Gasteiger partial charge >= 0.3 is 0 Å². The third kappa shape index (κ3) is 4.07. The molecule has 0 radical (unpaired) electrons. The van der Waals surface area contributed by atoms with Crippen LogP contribution in [0.1, 0.15) is 42.5 Å². The zero-order valence-corrected chi connectivity index (χ0v) is 17.8. The van der Waals surface area contributed by atoms with Crippen LogP contribution in [0.5, 0.6) is 0 Å². The molecule has 162 valence electrons. The van der Waals surface area contributed by atoms with E-state index in [-0.39, 0.29) is 11.4 Å². The maximum Gasteiger partial charge on any atom is 0.252 e. The van der Waals surface area contributed by atoms with Gasteiger partial charge in [-0.1, -0.05) is 37.5 Å². The second-order valence-corrected chi connectivity index (χ2v) is 8.58. The summed E-state index contributed by atoms with van der Waals surface area (Å²) < 4.78 is 7.50. The highest BCUT2D eigenvalue weighted by Crippen LogP contribution is 2.34. The Hall–Kier alpha value is -2.77. The van der Waals surface area contributed by atoms with Crippen LogP contribution in [0.25, 0.3) is 16.9 Å². The normalized spacial score (nSPS) is 19.4. The highest BCUT2D eigenvalue weighted by atomic mass is 16.5.